The summed E-state index contributed by atoms with van der Waals surface area (Å²) >= 11 is 18.6. The summed E-state index contributed by atoms with van der Waals surface area (Å²) in [6.07, 6.45) is 0. The van der Waals surface area contributed by atoms with Crippen LogP contribution in [0, 0.1) is 0 Å². The highest BCUT2D eigenvalue weighted by Crippen LogP contribution is 2.53. The SMILES string of the molecule is CC1(C)O[C@@]12C(=O)N(c1c(Cl)cc(Cl)cc1Cl)NC2=Nc1ccccc1. The first-order chi connectivity index (χ1) is 12.3. The maximum atomic E-state index is 13.2. The van der Waals surface area contributed by atoms with Crippen LogP contribution in [0.5, 0.6) is 0 Å². The number of hydrazine groups is 1. The summed E-state index contributed by atoms with van der Waals surface area (Å²) in [5.41, 5.74) is 2.12. The normalized spacial score (nSPS) is 25.0. The molecule has 0 saturated carbocycles. The Labute approximate surface area is 165 Å². The molecule has 1 N–H and O–H groups in total. The van der Waals surface area contributed by atoms with E-state index < -0.39 is 11.2 Å². The third-order valence-corrected chi connectivity index (χ3v) is 5.27. The number of nitrogens with zero attached hydrogens (tertiary/aromatic N) is 2. The smallest absolute Gasteiger partial charge is 0.289 e. The van der Waals surface area contributed by atoms with Crippen molar-refractivity contribution in [3.8, 4) is 0 Å². The molecule has 4 rings (SSSR count). The molecule has 2 aliphatic heterocycles. The Morgan fingerprint density at radius 3 is 2.19 bits per heavy atom. The van der Waals surface area contributed by atoms with Gasteiger partial charge in [-0.2, -0.15) is 0 Å². The Hall–Kier alpha value is -1.79. The third-order valence-electron chi connectivity index (χ3n) is 4.47. The quantitative estimate of drug-likeness (QED) is 0.725. The summed E-state index contributed by atoms with van der Waals surface area (Å²) in [5.74, 6) is 0.0593. The highest BCUT2D eigenvalue weighted by atomic mass is 35.5. The van der Waals surface area contributed by atoms with E-state index in [1.54, 1.807) is 0 Å². The van der Waals surface area contributed by atoms with E-state index in [1.807, 2.05) is 44.2 Å². The van der Waals surface area contributed by atoms with Gasteiger partial charge in [-0.25, -0.2) is 10.0 Å². The van der Waals surface area contributed by atoms with Crippen molar-refractivity contribution in [1.29, 1.82) is 0 Å². The number of rotatable bonds is 2. The minimum absolute atomic E-state index is 0.248. The first-order valence-electron chi connectivity index (χ1n) is 7.86. The van der Waals surface area contributed by atoms with Crippen LogP contribution in [0.25, 0.3) is 0 Å². The topological polar surface area (TPSA) is 57.2 Å². The fourth-order valence-electron chi connectivity index (χ4n) is 3.13. The molecule has 2 saturated heterocycles. The molecule has 1 atom stereocenters. The summed E-state index contributed by atoms with van der Waals surface area (Å²) in [4.78, 5) is 17.8. The summed E-state index contributed by atoms with van der Waals surface area (Å²) in [6, 6.07) is 12.4. The largest absolute Gasteiger partial charge is 0.345 e. The van der Waals surface area contributed by atoms with Gasteiger partial charge in [0.2, 0.25) is 5.60 Å². The minimum Gasteiger partial charge on any atom is -0.345 e. The predicted molar refractivity (Wildman–Crippen MR) is 104 cm³/mol. The van der Waals surface area contributed by atoms with E-state index >= 15 is 0 Å². The monoisotopic (exact) mass is 409 g/mol. The zero-order chi connectivity index (χ0) is 18.7. The number of hydrogen-bond donors (Lipinski definition) is 1. The van der Waals surface area contributed by atoms with Crippen LogP contribution in [-0.2, 0) is 9.53 Å². The van der Waals surface area contributed by atoms with E-state index in [2.05, 4.69) is 10.4 Å². The van der Waals surface area contributed by atoms with Crippen molar-refractivity contribution in [1.82, 2.24) is 5.43 Å². The van der Waals surface area contributed by atoms with E-state index in [1.165, 1.54) is 17.1 Å². The predicted octanol–water partition coefficient (Wildman–Crippen LogP) is 4.78. The zero-order valence-electron chi connectivity index (χ0n) is 13.9. The number of hydrogen-bond acceptors (Lipinski definition) is 3. The van der Waals surface area contributed by atoms with Crippen molar-refractivity contribution in [3.05, 3.63) is 57.5 Å². The molecule has 0 aliphatic carbocycles. The summed E-state index contributed by atoms with van der Waals surface area (Å²) in [6.45, 7) is 3.67. The van der Waals surface area contributed by atoms with Gasteiger partial charge in [0.05, 0.1) is 15.7 Å². The van der Waals surface area contributed by atoms with Gasteiger partial charge >= 0.3 is 0 Å². The molecular formula is C18H14Cl3N3O2. The second-order valence-electron chi connectivity index (χ2n) is 6.56. The number of nitrogens with one attached hydrogen (secondary N) is 1. The summed E-state index contributed by atoms with van der Waals surface area (Å²) in [7, 11) is 0. The lowest BCUT2D eigenvalue weighted by Crippen LogP contribution is -2.38. The van der Waals surface area contributed by atoms with Crippen LogP contribution in [-0.4, -0.2) is 22.9 Å². The molecule has 5 nitrogen and oxygen atoms in total. The molecule has 2 aromatic carbocycles. The first-order valence-corrected chi connectivity index (χ1v) is 9.00. The molecule has 2 heterocycles. The molecule has 0 bridgehead atoms. The fourth-order valence-corrected chi connectivity index (χ4v) is 4.11. The summed E-state index contributed by atoms with van der Waals surface area (Å²) in [5, 5.41) is 2.15. The van der Waals surface area contributed by atoms with Gasteiger partial charge in [0.15, 0.2) is 5.84 Å². The number of ether oxygens (including phenoxy) is 1. The zero-order valence-corrected chi connectivity index (χ0v) is 16.2. The molecule has 134 valence electrons. The number of aliphatic imine (C=N–C) groups is 1. The average Bonchev–Trinajstić information content (AvgIpc) is 3.06. The lowest BCUT2D eigenvalue weighted by Gasteiger charge is -2.18. The van der Waals surface area contributed by atoms with Crippen LogP contribution < -0.4 is 10.4 Å². The van der Waals surface area contributed by atoms with Gasteiger partial charge in [0.1, 0.15) is 11.3 Å². The molecule has 26 heavy (non-hydrogen) atoms. The molecule has 0 unspecified atom stereocenters. The van der Waals surface area contributed by atoms with Gasteiger partial charge in [-0.15, -0.1) is 0 Å². The molecule has 2 aromatic rings. The Bertz CT molecular complexity index is 923. The maximum Gasteiger partial charge on any atom is 0.289 e. The second-order valence-corrected chi connectivity index (χ2v) is 7.81. The number of anilines is 1. The first kappa shape index (κ1) is 17.6. The number of para-hydroxylation sites is 1. The van der Waals surface area contributed by atoms with Gasteiger partial charge in [0.25, 0.3) is 5.91 Å². The van der Waals surface area contributed by atoms with Crippen LogP contribution in [0.15, 0.2) is 47.5 Å². The average molecular weight is 411 g/mol. The van der Waals surface area contributed by atoms with Crippen molar-refractivity contribution in [3.63, 3.8) is 0 Å². The van der Waals surface area contributed by atoms with Crippen molar-refractivity contribution in [2.24, 2.45) is 4.99 Å². The summed E-state index contributed by atoms with van der Waals surface area (Å²) < 4.78 is 5.81. The van der Waals surface area contributed by atoms with E-state index in [0.717, 1.165) is 0 Å². The van der Waals surface area contributed by atoms with E-state index in [-0.39, 0.29) is 16.0 Å². The molecule has 2 aliphatic rings. The minimum atomic E-state index is -1.20. The van der Waals surface area contributed by atoms with E-state index in [0.29, 0.717) is 22.2 Å². The van der Waals surface area contributed by atoms with Gasteiger partial charge in [-0.1, -0.05) is 53.0 Å². The molecule has 1 spiro atoms. The number of halogens is 3. The van der Waals surface area contributed by atoms with Crippen LogP contribution in [0.2, 0.25) is 15.1 Å². The Balaban J connectivity index is 1.82. The number of benzene rings is 2. The Morgan fingerprint density at radius 1 is 1.08 bits per heavy atom. The number of epoxide rings is 1. The molecule has 0 radical (unpaired) electrons. The van der Waals surface area contributed by atoms with Crippen LogP contribution in [0.3, 0.4) is 0 Å². The number of carbonyl (C=O) groups excluding carboxylic acids is 1. The van der Waals surface area contributed by atoms with Crippen LogP contribution in [0.4, 0.5) is 11.4 Å². The van der Waals surface area contributed by atoms with Crippen LogP contribution >= 0.6 is 34.8 Å². The van der Waals surface area contributed by atoms with Crippen LogP contribution in [0.1, 0.15) is 13.8 Å². The Morgan fingerprint density at radius 2 is 1.65 bits per heavy atom. The lowest BCUT2D eigenvalue weighted by molar-refractivity contribution is -0.120. The van der Waals surface area contributed by atoms with Crippen molar-refractivity contribution >= 4 is 57.9 Å². The van der Waals surface area contributed by atoms with E-state index in [9.17, 15) is 4.79 Å². The molecule has 2 fully saturated rings. The highest BCUT2D eigenvalue weighted by Gasteiger charge is 2.77. The maximum absolute atomic E-state index is 13.2. The van der Waals surface area contributed by atoms with E-state index in [4.69, 9.17) is 39.5 Å². The van der Waals surface area contributed by atoms with Crippen molar-refractivity contribution in [2.75, 3.05) is 5.01 Å². The molecule has 1 amide bonds. The number of amidine groups is 1. The molecule has 8 heteroatoms. The number of carbonyl (C=O) groups is 1. The van der Waals surface area contributed by atoms with Gasteiger partial charge in [-0.3, -0.25) is 10.2 Å². The highest BCUT2D eigenvalue weighted by molar-refractivity contribution is 6.43. The lowest BCUT2D eigenvalue weighted by atomic mass is 9.95. The van der Waals surface area contributed by atoms with Gasteiger partial charge in [-0.05, 0) is 38.1 Å². The van der Waals surface area contributed by atoms with Crippen molar-refractivity contribution in [2.45, 2.75) is 25.0 Å². The fraction of sp³-hybridized carbons (Fsp3) is 0.222. The number of amides is 1. The van der Waals surface area contributed by atoms with Gasteiger partial charge < -0.3 is 4.74 Å². The standard InChI is InChI=1S/C18H14Cl3N3O2/c1-17(2)18(26-17)15(22-11-6-4-3-5-7-11)23-24(16(18)25)14-12(20)8-10(19)9-13(14)21/h3-9H,1-2H3,(H,22,23)/t18-/m0/s1. The Kier molecular flexibility index (Phi) is 3.97. The van der Waals surface area contributed by atoms with Crippen molar-refractivity contribution < 1.29 is 9.53 Å². The molecular weight excluding hydrogens is 397 g/mol. The van der Waals surface area contributed by atoms with Gasteiger partial charge in [0, 0.05) is 5.02 Å². The second kappa shape index (κ2) is 5.86. The molecule has 0 aromatic heterocycles. The third kappa shape index (κ3) is 2.50.